The maximum atomic E-state index is 11.7. The highest BCUT2D eigenvalue weighted by Gasteiger charge is 2.45. The third-order valence-corrected chi connectivity index (χ3v) is 5.12. The van der Waals surface area contributed by atoms with Crippen LogP contribution in [-0.4, -0.2) is 64.3 Å². The van der Waals surface area contributed by atoms with E-state index in [-0.39, 0.29) is 5.95 Å². The van der Waals surface area contributed by atoms with Crippen LogP contribution in [0.2, 0.25) is 0 Å². The maximum absolute atomic E-state index is 11.7. The minimum Gasteiger partial charge on any atom is -0.387 e. The van der Waals surface area contributed by atoms with E-state index in [4.69, 9.17) is 25.2 Å². The van der Waals surface area contributed by atoms with Crippen LogP contribution in [0.25, 0.3) is 0 Å². The van der Waals surface area contributed by atoms with E-state index >= 15 is 0 Å². The summed E-state index contributed by atoms with van der Waals surface area (Å²) in [5.74, 6) is -0.329. The third-order valence-electron chi connectivity index (χ3n) is 2.97. The lowest BCUT2D eigenvalue weighted by Crippen LogP contribution is -2.36. The summed E-state index contributed by atoms with van der Waals surface area (Å²) in [7, 11) is -10.5. The number of rotatable bonds is 6. The Kier molecular flexibility index (Phi) is 5.75. The van der Waals surface area contributed by atoms with E-state index in [0.717, 1.165) is 10.9 Å². The molecule has 0 aromatic carbocycles. The van der Waals surface area contributed by atoms with E-state index in [1.54, 1.807) is 0 Å². The number of ether oxygens (including phenoxy) is 1. The normalized spacial score (nSPS) is 29.5. The summed E-state index contributed by atoms with van der Waals surface area (Å²) < 4.78 is 35.6. The number of nitrogens with two attached hydrogens (primary N) is 1. The van der Waals surface area contributed by atoms with Crippen LogP contribution in [-0.2, 0) is 22.7 Å². The number of aliphatic hydroxyl groups is 2. The predicted molar refractivity (Wildman–Crippen MR) is 75.5 cm³/mol. The first-order valence-electron chi connectivity index (χ1n) is 6.36. The Morgan fingerprint density at radius 2 is 1.92 bits per heavy atom. The quantitative estimate of drug-likeness (QED) is 0.260. The molecule has 0 amide bonds. The van der Waals surface area contributed by atoms with Crippen LogP contribution >= 0.6 is 15.6 Å². The van der Waals surface area contributed by atoms with E-state index in [1.807, 2.05) is 0 Å². The van der Waals surface area contributed by atoms with E-state index < -0.39 is 52.5 Å². The summed E-state index contributed by atoms with van der Waals surface area (Å²) in [4.78, 5) is 44.6. The topological polar surface area (TPSA) is 237 Å². The lowest BCUT2D eigenvalue weighted by atomic mass is 10.1. The summed E-state index contributed by atoms with van der Waals surface area (Å²) in [6, 6.07) is 0. The van der Waals surface area contributed by atoms with Gasteiger partial charge in [-0.05, 0) is 0 Å². The number of phosphoric ester groups is 1. The Morgan fingerprint density at radius 3 is 2.48 bits per heavy atom. The van der Waals surface area contributed by atoms with Gasteiger partial charge in [0.15, 0.2) is 6.23 Å². The first kappa shape index (κ1) is 20.1. The lowest BCUT2D eigenvalue weighted by Gasteiger charge is -2.17. The molecule has 0 radical (unpaired) electrons. The smallest absolute Gasteiger partial charge is 0.387 e. The van der Waals surface area contributed by atoms with Crippen LogP contribution in [0.5, 0.6) is 0 Å². The molecule has 1 aliphatic heterocycles. The van der Waals surface area contributed by atoms with Crippen molar-refractivity contribution in [1.82, 2.24) is 14.5 Å². The molecule has 0 aliphatic carbocycles. The molecule has 7 N–H and O–H groups in total. The zero-order valence-electron chi connectivity index (χ0n) is 12.1. The average molecular weight is 404 g/mol. The second kappa shape index (κ2) is 7.17. The minimum atomic E-state index is -5.31. The molecule has 17 heteroatoms. The Morgan fingerprint density at radius 1 is 1.28 bits per heavy atom. The van der Waals surface area contributed by atoms with Crippen molar-refractivity contribution in [3.05, 3.63) is 16.8 Å². The number of nitrogen functional groups attached to an aromatic ring is 1. The molecule has 0 saturated carbocycles. The van der Waals surface area contributed by atoms with Gasteiger partial charge in [-0.2, -0.15) is 9.29 Å². The molecule has 1 aromatic heterocycles. The van der Waals surface area contributed by atoms with Gasteiger partial charge in [0.25, 0.3) is 0 Å². The van der Waals surface area contributed by atoms with Crippen LogP contribution in [0.15, 0.2) is 11.1 Å². The van der Waals surface area contributed by atoms with E-state index in [0.29, 0.717) is 0 Å². The van der Waals surface area contributed by atoms with Crippen molar-refractivity contribution in [2.45, 2.75) is 24.5 Å². The van der Waals surface area contributed by atoms with Crippen molar-refractivity contribution < 1.29 is 47.6 Å². The molecule has 1 aromatic rings. The largest absolute Gasteiger partial charge is 0.481 e. The number of aliphatic hydroxyl groups excluding tert-OH is 2. The fourth-order valence-corrected chi connectivity index (χ4v) is 3.55. The Hall–Kier alpha value is -1.25. The van der Waals surface area contributed by atoms with Gasteiger partial charge in [0, 0.05) is 0 Å². The maximum Gasteiger partial charge on any atom is 0.481 e. The predicted octanol–water partition coefficient (Wildman–Crippen LogP) is -2.93. The van der Waals surface area contributed by atoms with Gasteiger partial charge in [-0.3, -0.25) is 9.09 Å². The Labute approximate surface area is 138 Å². The molecule has 0 spiro atoms. The Bertz CT molecular complexity index is 780. The molecule has 142 valence electrons. The van der Waals surface area contributed by atoms with Gasteiger partial charge in [0.2, 0.25) is 5.95 Å². The highest BCUT2D eigenvalue weighted by molar-refractivity contribution is 7.60. The molecule has 2 heterocycles. The molecule has 15 nitrogen and oxygen atoms in total. The van der Waals surface area contributed by atoms with Crippen molar-refractivity contribution >= 4 is 21.6 Å². The molecule has 25 heavy (non-hydrogen) atoms. The van der Waals surface area contributed by atoms with Gasteiger partial charge in [0.1, 0.15) is 24.6 Å². The summed E-state index contributed by atoms with van der Waals surface area (Å²) in [5, 5.41) is 19.8. The summed E-state index contributed by atoms with van der Waals surface area (Å²) in [6.07, 6.45) is -5.34. The standard InChI is InChI=1S/C8H14N4O11P2/c9-7-10-2-12(8(15)11-7)6-5(14)4(13)3(22-6)1-21-25(19,20)23-24(16,17)18/h2-6,13-14H,1H2,(H,19,20)(H2,9,11,15)(H2,16,17,18)/t3-,4-,5-,6-/m1/s1. The second-order valence-corrected chi connectivity index (χ2v) is 7.62. The first-order valence-corrected chi connectivity index (χ1v) is 9.39. The molecular weight excluding hydrogens is 390 g/mol. The van der Waals surface area contributed by atoms with Gasteiger partial charge in [-0.1, -0.05) is 0 Å². The number of aromatic nitrogens is 3. The molecule has 1 unspecified atom stereocenters. The Balaban J connectivity index is 2.08. The molecule has 1 saturated heterocycles. The number of hydrogen-bond acceptors (Lipinski definition) is 11. The number of nitrogens with zero attached hydrogens (tertiary/aromatic N) is 3. The molecule has 2 rings (SSSR count). The van der Waals surface area contributed by atoms with Crippen LogP contribution in [0.1, 0.15) is 6.23 Å². The average Bonchev–Trinajstić information content (AvgIpc) is 2.71. The number of hydrogen-bond donors (Lipinski definition) is 6. The van der Waals surface area contributed by atoms with Crippen molar-refractivity contribution in [1.29, 1.82) is 0 Å². The van der Waals surface area contributed by atoms with Crippen LogP contribution < -0.4 is 11.4 Å². The van der Waals surface area contributed by atoms with Crippen molar-refractivity contribution in [3.8, 4) is 0 Å². The number of anilines is 1. The second-order valence-electron chi connectivity index (χ2n) is 4.79. The summed E-state index contributed by atoms with van der Waals surface area (Å²) in [6.45, 7) is -0.896. The molecule has 5 atom stereocenters. The van der Waals surface area contributed by atoms with Gasteiger partial charge < -0.3 is 35.4 Å². The van der Waals surface area contributed by atoms with E-state index in [1.165, 1.54) is 0 Å². The van der Waals surface area contributed by atoms with Crippen molar-refractivity contribution in [2.24, 2.45) is 0 Å². The lowest BCUT2D eigenvalue weighted by molar-refractivity contribution is -0.0546. The number of phosphoric acid groups is 2. The SMILES string of the molecule is Nc1ncn([C@@H]2O[C@H](COP(=O)(O)OP(=O)(O)O)[C@@H](O)[C@H]2O)c(=O)n1. The van der Waals surface area contributed by atoms with E-state index in [2.05, 4.69) is 18.8 Å². The monoisotopic (exact) mass is 404 g/mol. The van der Waals surface area contributed by atoms with Crippen molar-refractivity contribution in [3.63, 3.8) is 0 Å². The van der Waals surface area contributed by atoms with Crippen molar-refractivity contribution in [2.75, 3.05) is 12.3 Å². The molecular formula is C8H14N4O11P2. The van der Waals surface area contributed by atoms with Gasteiger partial charge in [-0.15, -0.1) is 0 Å². The van der Waals surface area contributed by atoms with Gasteiger partial charge in [0.05, 0.1) is 6.61 Å². The van der Waals surface area contributed by atoms with Crippen LogP contribution in [0, 0.1) is 0 Å². The molecule has 1 aliphatic rings. The summed E-state index contributed by atoms with van der Waals surface area (Å²) in [5.41, 5.74) is 4.27. The zero-order chi connectivity index (χ0) is 19.0. The zero-order valence-corrected chi connectivity index (χ0v) is 13.9. The minimum absolute atomic E-state index is 0.329. The highest BCUT2D eigenvalue weighted by Crippen LogP contribution is 2.57. The fraction of sp³-hybridized carbons (Fsp3) is 0.625. The molecule has 0 bridgehead atoms. The summed E-state index contributed by atoms with van der Waals surface area (Å²) >= 11 is 0. The van der Waals surface area contributed by atoms with Gasteiger partial charge in [-0.25, -0.2) is 18.9 Å². The van der Waals surface area contributed by atoms with Crippen LogP contribution in [0.3, 0.4) is 0 Å². The highest BCUT2D eigenvalue weighted by atomic mass is 31.3. The van der Waals surface area contributed by atoms with Gasteiger partial charge >= 0.3 is 21.3 Å². The third kappa shape index (κ3) is 5.12. The molecule has 1 fully saturated rings. The van der Waals surface area contributed by atoms with E-state index in [9.17, 15) is 24.1 Å². The first-order chi connectivity index (χ1) is 11.4. The van der Waals surface area contributed by atoms with Crippen LogP contribution in [0.4, 0.5) is 5.95 Å². The fourth-order valence-electron chi connectivity index (χ4n) is 1.95.